The number of nitrogens with two attached hydrogens (primary N) is 1. The molecule has 0 aliphatic heterocycles. The molecule has 4 nitrogen and oxygen atoms in total. The van der Waals surface area contributed by atoms with Gasteiger partial charge in [-0.1, -0.05) is 0 Å². The van der Waals surface area contributed by atoms with Crippen LogP contribution in [0, 0.1) is 5.82 Å². The van der Waals surface area contributed by atoms with Crippen molar-refractivity contribution < 1.29 is 9.18 Å². The van der Waals surface area contributed by atoms with Crippen LogP contribution in [0.2, 0.25) is 0 Å². The lowest BCUT2D eigenvalue weighted by Gasteiger charge is -2.26. The third-order valence-corrected chi connectivity index (χ3v) is 2.44. The van der Waals surface area contributed by atoms with Gasteiger partial charge < -0.3 is 10.6 Å². The number of rotatable bonds is 5. The molecule has 5 heteroatoms. The first-order valence-corrected chi connectivity index (χ1v) is 5.68. The molecule has 94 valence electrons. The van der Waals surface area contributed by atoms with E-state index in [-0.39, 0.29) is 17.5 Å². The van der Waals surface area contributed by atoms with Crippen LogP contribution in [0.5, 0.6) is 0 Å². The van der Waals surface area contributed by atoms with Crippen molar-refractivity contribution in [2.24, 2.45) is 5.73 Å². The SMILES string of the molecule is CC(C)N(CCCN)C(=O)c1cncc(F)c1. The van der Waals surface area contributed by atoms with Crippen molar-refractivity contribution in [1.29, 1.82) is 0 Å². The van der Waals surface area contributed by atoms with Gasteiger partial charge in [-0.2, -0.15) is 0 Å². The number of amides is 1. The van der Waals surface area contributed by atoms with Crippen LogP contribution in [-0.2, 0) is 0 Å². The van der Waals surface area contributed by atoms with Crippen LogP contribution in [0.15, 0.2) is 18.5 Å². The fourth-order valence-corrected chi connectivity index (χ4v) is 1.55. The van der Waals surface area contributed by atoms with Gasteiger partial charge in [-0.3, -0.25) is 9.78 Å². The summed E-state index contributed by atoms with van der Waals surface area (Å²) >= 11 is 0. The van der Waals surface area contributed by atoms with E-state index >= 15 is 0 Å². The van der Waals surface area contributed by atoms with Crippen LogP contribution >= 0.6 is 0 Å². The van der Waals surface area contributed by atoms with E-state index in [0.717, 1.165) is 12.6 Å². The van der Waals surface area contributed by atoms with Crippen LogP contribution in [0.4, 0.5) is 4.39 Å². The number of nitrogens with zero attached hydrogens (tertiary/aromatic N) is 2. The summed E-state index contributed by atoms with van der Waals surface area (Å²) < 4.78 is 13.0. The molecule has 0 aliphatic rings. The van der Waals surface area contributed by atoms with E-state index in [0.29, 0.717) is 13.1 Å². The van der Waals surface area contributed by atoms with E-state index in [1.807, 2.05) is 13.8 Å². The third kappa shape index (κ3) is 3.78. The normalized spacial score (nSPS) is 10.6. The summed E-state index contributed by atoms with van der Waals surface area (Å²) in [4.78, 5) is 17.5. The highest BCUT2D eigenvalue weighted by Crippen LogP contribution is 2.09. The largest absolute Gasteiger partial charge is 0.336 e. The van der Waals surface area contributed by atoms with Crippen LogP contribution in [0.25, 0.3) is 0 Å². The molecule has 1 aromatic rings. The molecule has 0 fully saturated rings. The first-order valence-electron chi connectivity index (χ1n) is 5.68. The highest BCUT2D eigenvalue weighted by molar-refractivity contribution is 5.94. The summed E-state index contributed by atoms with van der Waals surface area (Å²) in [6.45, 7) is 4.93. The van der Waals surface area contributed by atoms with Gasteiger partial charge in [-0.25, -0.2) is 4.39 Å². The van der Waals surface area contributed by atoms with E-state index < -0.39 is 5.82 Å². The predicted molar refractivity (Wildman–Crippen MR) is 64.0 cm³/mol. The number of aromatic nitrogens is 1. The summed E-state index contributed by atoms with van der Waals surface area (Å²) in [5.74, 6) is -0.709. The maximum absolute atomic E-state index is 13.0. The minimum absolute atomic E-state index is 0.0531. The zero-order valence-corrected chi connectivity index (χ0v) is 10.2. The van der Waals surface area contributed by atoms with E-state index in [2.05, 4.69) is 4.98 Å². The topological polar surface area (TPSA) is 59.2 Å². The highest BCUT2D eigenvalue weighted by atomic mass is 19.1. The molecule has 2 N–H and O–H groups in total. The Labute approximate surface area is 101 Å². The molecular formula is C12H18FN3O. The maximum Gasteiger partial charge on any atom is 0.255 e. The zero-order chi connectivity index (χ0) is 12.8. The average Bonchev–Trinajstić information content (AvgIpc) is 2.29. The molecule has 0 saturated carbocycles. The van der Waals surface area contributed by atoms with Gasteiger partial charge in [0.05, 0.1) is 11.8 Å². The fourth-order valence-electron chi connectivity index (χ4n) is 1.55. The first kappa shape index (κ1) is 13.6. The third-order valence-electron chi connectivity index (χ3n) is 2.44. The number of pyridine rings is 1. The lowest BCUT2D eigenvalue weighted by atomic mass is 10.2. The van der Waals surface area contributed by atoms with Crippen molar-refractivity contribution >= 4 is 5.91 Å². The average molecular weight is 239 g/mol. The molecule has 0 aliphatic carbocycles. The second kappa shape index (κ2) is 6.30. The maximum atomic E-state index is 13.0. The molecule has 0 spiro atoms. The molecule has 0 aromatic carbocycles. The van der Waals surface area contributed by atoms with E-state index in [1.54, 1.807) is 4.90 Å². The van der Waals surface area contributed by atoms with Gasteiger partial charge >= 0.3 is 0 Å². The molecule has 0 bridgehead atoms. The second-order valence-electron chi connectivity index (χ2n) is 4.13. The number of hydrogen-bond donors (Lipinski definition) is 1. The monoisotopic (exact) mass is 239 g/mol. The number of halogens is 1. The highest BCUT2D eigenvalue weighted by Gasteiger charge is 2.18. The summed E-state index contributed by atoms with van der Waals surface area (Å²) in [6, 6.07) is 1.25. The smallest absolute Gasteiger partial charge is 0.255 e. The van der Waals surface area contributed by atoms with Crippen LogP contribution in [-0.4, -0.2) is 34.9 Å². The van der Waals surface area contributed by atoms with Crippen molar-refractivity contribution in [2.75, 3.05) is 13.1 Å². The quantitative estimate of drug-likeness (QED) is 0.845. The summed E-state index contributed by atoms with van der Waals surface area (Å²) in [5, 5.41) is 0. The molecule has 0 saturated heterocycles. The minimum atomic E-state index is -0.501. The molecule has 0 atom stereocenters. The molecule has 1 heterocycles. The standard InChI is InChI=1S/C12H18FN3O/c1-9(2)16(5-3-4-14)12(17)10-6-11(13)8-15-7-10/h6-9H,3-5,14H2,1-2H3. The fraction of sp³-hybridized carbons (Fsp3) is 0.500. The Morgan fingerprint density at radius 1 is 1.53 bits per heavy atom. The molecule has 0 unspecified atom stereocenters. The zero-order valence-electron chi connectivity index (χ0n) is 10.2. The lowest BCUT2D eigenvalue weighted by molar-refractivity contribution is 0.0704. The van der Waals surface area contributed by atoms with Gasteiger partial charge in [0.2, 0.25) is 0 Å². The Bertz CT molecular complexity index is 382. The van der Waals surface area contributed by atoms with Gasteiger partial charge in [-0.15, -0.1) is 0 Å². The Morgan fingerprint density at radius 2 is 2.24 bits per heavy atom. The Balaban J connectivity index is 2.84. The Morgan fingerprint density at radius 3 is 2.76 bits per heavy atom. The van der Waals surface area contributed by atoms with Crippen molar-refractivity contribution in [2.45, 2.75) is 26.3 Å². The Hall–Kier alpha value is -1.49. The molecule has 17 heavy (non-hydrogen) atoms. The van der Waals surface area contributed by atoms with Crippen molar-refractivity contribution in [3.05, 3.63) is 29.8 Å². The van der Waals surface area contributed by atoms with Crippen LogP contribution in [0.3, 0.4) is 0 Å². The van der Waals surface area contributed by atoms with Crippen molar-refractivity contribution in [3.8, 4) is 0 Å². The lowest BCUT2D eigenvalue weighted by Crippen LogP contribution is -2.38. The number of carbonyl (C=O) groups is 1. The molecular weight excluding hydrogens is 221 g/mol. The molecule has 1 amide bonds. The summed E-state index contributed by atoms with van der Waals surface area (Å²) in [7, 11) is 0. The van der Waals surface area contributed by atoms with Gasteiger partial charge in [0, 0.05) is 18.8 Å². The summed E-state index contributed by atoms with van der Waals surface area (Å²) in [6.07, 6.45) is 3.19. The van der Waals surface area contributed by atoms with E-state index in [1.165, 1.54) is 12.3 Å². The van der Waals surface area contributed by atoms with Crippen LogP contribution < -0.4 is 5.73 Å². The second-order valence-corrected chi connectivity index (χ2v) is 4.13. The van der Waals surface area contributed by atoms with Crippen molar-refractivity contribution in [1.82, 2.24) is 9.88 Å². The molecule has 0 radical (unpaired) electrons. The van der Waals surface area contributed by atoms with E-state index in [4.69, 9.17) is 5.73 Å². The minimum Gasteiger partial charge on any atom is -0.336 e. The first-order chi connectivity index (χ1) is 8.06. The summed E-state index contributed by atoms with van der Waals surface area (Å²) in [5.41, 5.74) is 5.70. The predicted octanol–water partition coefficient (Wildman–Crippen LogP) is 1.42. The van der Waals surface area contributed by atoms with Crippen molar-refractivity contribution in [3.63, 3.8) is 0 Å². The molecule has 1 rings (SSSR count). The molecule has 1 aromatic heterocycles. The number of hydrogen-bond acceptors (Lipinski definition) is 3. The van der Waals surface area contributed by atoms with Gasteiger partial charge in [0.15, 0.2) is 0 Å². The van der Waals surface area contributed by atoms with Gasteiger partial charge in [-0.05, 0) is 32.9 Å². The van der Waals surface area contributed by atoms with Gasteiger partial charge in [0.25, 0.3) is 5.91 Å². The van der Waals surface area contributed by atoms with Crippen LogP contribution in [0.1, 0.15) is 30.6 Å². The number of carbonyl (C=O) groups excluding carboxylic acids is 1. The van der Waals surface area contributed by atoms with Gasteiger partial charge in [0.1, 0.15) is 5.82 Å². The van der Waals surface area contributed by atoms with E-state index in [9.17, 15) is 9.18 Å². The Kier molecular flexibility index (Phi) is 5.03.